The Bertz CT molecular complexity index is 728. The molecule has 134 valence electrons. The number of para-hydroxylation sites is 2. The van der Waals surface area contributed by atoms with Crippen molar-refractivity contribution in [1.29, 1.82) is 0 Å². The molecule has 1 aromatic carbocycles. The molecule has 0 spiro atoms. The van der Waals surface area contributed by atoms with Gasteiger partial charge < -0.3 is 15.4 Å². The number of amides is 1. The third-order valence-electron chi connectivity index (χ3n) is 4.10. The number of carbonyl (C=O) groups is 1. The summed E-state index contributed by atoms with van der Waals surface area (Å²) < 4.78 is 6.56. The number of nitrogens with one attached hydrogen (secondary N) is 3. The molecule has 1 amide bonds. The Morgan fingerprint density at radius 2 is 2.12 bits per heavy atom. The van der Waals surface area contributed by atoms with Gasteiger partial charge in [0.25, 0.3) is 5.91 Å². The molecule has 0 saturated carbocycles. The molecule has 2 aromatic rings. The summed E-state index contributed by atoms with van der Waals surface area (Å²) in [5.41, 5.74) is 1.78. The van der Waals surface area contributed by atoms with Crippen molar-refractivity contribution in [2.75, 3.05) is 44.6 Å². The van der Waals surface area contributed by atoms with Gasteiger partial charge in [-0.15, -0.1) is 0 Å². The van der Waals surface area contributed by atoms with Gasteiger partial charge in [-0.3, -0.25) is 14.8 Å². The van der Waals surface area contributed by atoms with Crippen LogP contribution in [0.15, 0.2) is 28.7 Å². The van der Waals surface area contributed by atoms with E-state index in [0.29, 0.717) is 28.2 Å². The Labute approximate surface area is 155 Å². The average Bonchev–Trinajstić information content (AvgIpc) is 2.96. The number of piperazine rings is 1. The van der Waals surface area contributed by atoms with Crippen LogP contribution in [0.4, 0.5) is 5.69 Å². The Kier molecular flexibility index (Phi) is 6.06. The zero-order chi connectivity index (χ0) is 17.6. The van der Waals surface area contributed by atoms with Gasteiger partial charge in [0.05, 0.1) is 10.2 Å². The summed E-state index contributed by atoms with van der Waals surface area (Å²) in [4.78, 5) is 14.8. The fourth-order valence-electron chi connectivity index (χ4n) is 2.66. The Morgan fingerprint density at radius 1 is 1.36 bits per heavy atom. The maximum Gasteiger partial charge on any atom is 0.277 e. The third-order valence-corrected chi connectivity index (χ3v) is 5.07. The standard InChI is InChI=1S/C17H22BrN5O2/c1-12-15(18)16(22-21-12)17(24)20-13-4-2-3-5-14(13)25-11-10-23-8-6-19-7-9-23/h2-5,19H,6-11H2,1H3,(H,20,24)(H,21,22). The van der Waals surface area contributed by atoms with E-state index >= 15 is 0 Å². The lowest BCUT2D eigenvalue weighted by Crippen LogP contribution is -2.44. The quantitative estimate of drug-likeness (QED) is 0.682. The summed E-state index contributed by atoms with van der Waals surface area (Å²) in [6.45, 7) is 7.41. The molecule has 1 aliphatic heterocycles. The predicted molar refractivity (Wildman–Crippen MR) is 100 cm³/mol. The molecule has 1 fully saturated rings. The highest BCUT2D eigenvalue weighted by molar-refractivity contribution is 9.10. The van der Waals surface area contributed by atoms with E-state index in [4.69, 9.17) is 4.74 Å². The van der Waals surface area contributed by atoms with Gasteiger partial charge in [0.1, 0.15) is 12.4 Å². The second kappa shape index (κ2) is 8.46. The number of rotatable bonds is 6. The summed E-state index contributed by atoms with van der Waals surface area (Å²) >= 11 is 3.37. The van der Waals surface area contributed by atoms with Crippen molar-refractivity contribution in [2.24, 2.45) is 0 Å². The van der Waals surface area contributed by atoms with Crippen LogP contribution in [0.3, 0.4) is 0 Å². The molecule has 0 atom stereocenters. The van der Waals surface area contributed by atoms with Crippen molar-refractivity contribution in [3.63, 3.8) is 0 Å². The zero-order valence-corrected chi connectivity index (χ0v) is 15.7. The van der Waals surface area contributed by atoms with Gasteiger partial charge in [-0.1, -0.05) is 12.1 Å². The lowest BCUT2D eigenvalue weighted by atomic mass is 10.2. The molecule has 3 N–H and O–H groups in total. The Balaban J connectivity index is 1.60. The fourth-order valence-corrected chi connectivity index (χ4v) is 3.02. The second-order valence-corrected chi connectivity index (χ2v) is 6.69. The Hall–Kier alpha value is -1.90. The molecule has 3 rings (SSSR count). The van der Waals surface area contributed by atoms with Crippen molar-refractivity contribution in [1.82, 2.24) is 20.4 Å². The van der Waals surface area contributed by atoms with Gasteiger partial charge >= 0.3 is 0 Å². The van der Waals surface area contributed by atoms with Crippen molar-refractivity contribution in [3.05, 3.63) is 40.1 Å². The third kappa shape index (κ3) is 4.59. The van der Waals surface area contributed by atoms with Gasteiger partial charge in [0, 0.05) is 38.4 Å². The molecule has 0 unspecified atom stereocenters. The number of halogens is 1. The van der Waals surface area contributed by atoms with Gasteiger partial charge in [0.2, 0.25) is 0 Å². The van der Waals surface area contributed by atoms with Crippen molar-refractivity contribution in [3.8, 4) is 5.75 Å². The predicted octanol–water partition coefficient (Wildman–Crippen LogP) is 2.02. The minimum Gasteiger partial charge on any atom is -0.490 e. The van der Waals surface area contributed by atoms with E-state index in [1.54, 1.807) is 0 Å². The zero-order valence-electron chi connectivity index (χ0n) is 14.1. The number of ether oxygens (including phenoxy) is 1. The van der Waals surface area contributed by atoms with E-state index < -0.39 is 0 Å². The highest BCUT2D eigenvalue weighted by Crippen LogP contribution is 2.26. The highest BCUT2D eigenvalue weighted by atomic mass is 79.9. The number of aromatic amines is 1. The molecule has 8 heteroatoms. The summed E-state index contributed by atoms with van der Waals surface area (Å²) in [6.07, 6.45) is 0. The van der Waals surface area contributed by atoms with Crippen molar-refractivity contribution in [2.45, 2.75) is 6.92 Å². The van der Waals surface area contributed by atoms with Gasteiger partial charge in [-0.2, -0.15) is 5.10 Å². The molecule has 7 nitrogen and oxygen atoms in total. The number of hydrogen-bond donors (Lipinski definition) is 3. The van der Waals surface area contributed by atoms with Crippen LogP contribution < -0.4 is 15.4 Å². The van der Waals surface area contributed by atoms with Gasteiger partial charge in [0.15, 0.2) is 5.69 Å². The number of anilines is 1. The van der Waals surface area contributed by atoms with Crippen LogP contribution in [0, 0.1) is 6.92 Å². The lowest BCUT2D eigenvalue weighted by Gasteiger charge is -2.27. The van der Waals surface area contributed by atoms with Gasteiger partial charge in [-0.25, -0.2) is 0 Å². The molecule has 1 aliphatic rings. The lowest BCUT2D eigenvalue weighted by molar-refractivity contribution is 0.102. The second-order valence-electron chi connectivity index (χ2n) is 5.90. The van der Waals surface area contributed by atoms with E-state index in [-0.39, 0.29) is 5.91 Å². The maximum absolute atomic E-state index is 12.4. The van der Waals surface area contributed by atoms with Crippen LogP contribution in [-0.2, 0) is 0 Å². The first-order valence-corrected chi connectivity index (χ1v) is 9.11. The largest absolute Gasteiger partial charge is 0.490 e. The van der Waals surface area contributed by atoms with Gasteiger partial charge in [-0.05, 0) is 35.0 Å². The number of benzene rings is 1. The summed E-state index contributed by atoms with van der Waals surface area (Å²) in [7, 11) is 0. The Morgan fingerprint density at radius 3 is 2.84 bits per heavy atom. The molecule has 0 aliphatic carbocycles. The molecule has 25 heavy (non-hydrogen) atoms. The molecular formula is C17H22BrN5O2. The number of aromatic nitrogens is 2. The number of hydrogen-bond acceptors (Lipinski definition) is 5. The average molecular weight is 408 g/mol. The van der Waals surface area contributed by atoms with E-state index in [2.05, 4.69) is 41.7 Å². The number of carbonyl (C=O) groups excluding carboxylic acids is 1. The fraction of sp³-hybridized carbons (Fsp3) is 0.412. The first-order chi connectivity index (χ1) is 12.1. The molecule has 0 radical (unpaired) electrons. The summed E-state index contributed by atoms with van der Waals surface area (Å²) in [5.74, 6) is 0.378. The number of aryl methyl sites for hydroxylation is 1. The molecule has 2 heterocycles. The van der Waals surface area contributed by atoms with Crippen LogP contribution >= 0.6 is 15.9 Å². The van der Waals surface area contributed by atoms with E-state index in [1.807, 2.05) is 31.2 Å². The molecule has 1 aromatic heterocycles. The van der Waals surface area contributed by atoms with E-state index in [1.165, 1.54) is 0 Å². The smallest absolute Gasteiger partial charge is 0.277 e. The number of nitrogens with zero attached hydrogens (tertiary/aromatic N) is 2. The van der Waals surface area contributed by atoms with Crippen LogP contribution in [0.25, 0.3) is 0 Å². The first-order valence-electron chi connectivity index (χ1n) is 8.32. The van der Waals surface area contributed by atoms with E-state index in [9.17, 15) is 4.79 Å². The first kappa shape index (κ1) is 17.9. The summed E-state index contributed by atoms with van der Waals surface area (Å²) in [5, 5.41) is 13.0. The topological polar surface area (TPSA) is 82.3 Å². The monoisotopic (exact) mass is 407 g/mol. The van der Waals surface area contributed by atoms with Crippen molar-refractivity contribution >= 4 is 27.5 Å². The van der Waals surface area contributed by atoms with Crippen molar-refractivity contribution < 1.29 is 9.53 Å². The van der Waals surface area contributed by atoms with Crippen LogP contribution in [0.2, 0.25) is 0 Å². The minimum absolute atomic E-state index is 0.283. The number of H-pyrrole nitrogens is 1. The molecule has 0 bridgehead atoms. The molecule has 1 saturated heterocycles. The van der Waals surface area contributed by atoms with E-state index in [0.717, 1.165) is 38.4 Å². The highest BCUT2D eigenvalue weighted by Gasteiger charge is 2.17. The minimum atomic E-state index is -0.283. The summed E-state index contributed by atoms with van der Waals surface area (Å²) in [6, 6.07) is 7.44. The molecular weight excluding hydrogens is 386 g/mol. The van der Waals surface area contributed by atoms with Crippen LogP contribution in [0.5, 0.6) is 5.75 Å². The maximum atomic E-state index is 12.4. The van der Waals surface area contributed by atoms with Crippen LogP contribution in [0.1, 0.15) is 16.2 Å². The van der Waals surface area contributed by atoms with Crippen LogP contribution in [-0.4, -0.2) is 60.3 Å². The SMILES string of the molecule is Cc1[nH]nc(C(=O)Nc2ccccc2OCCN2CCNCC2)c1Br. The normalized spacial score (nSPS) is 15.1.